The highest BCUT2D eigenvalue weighted by atomic mass is 32.1. The lowest BCUT2D eigenvalue weighted by atomic mass is 10.2. The first-order chi connectivity index (χ1) is 6.84. The van der Waals surface area contributed by atoms with Crippen LogP contribution in [0.15, 0.2) is 52.2 Å². The van der Waals surface area contributed by atoms with Gasteiger partial charge in [0.2, 0.25) is 0 Å². The van der Waals surface area contributed by atoms with Crippen LogP contribution >= 0.6 is 12.6 Å². The summed E-state index contributed by atoms with van der Waals surface area (Å²) in [4.78, 5) is 0.943. The van der Waals surface area contributed by atoms with Gasteiger partial charge in [-0.05, 0) is 30.3 Å². The molecule has 0 unspecified atom stereocenters. The van der Waals surface area contributed by atoms with Gasteiger partial charge in [-0.25, -0.2) is 0 Å². The Morgan fingerprint density at radius 1 is 0.929 bits per heavy atom. The van der Waals surface area contributed by atoms with Crippen molar-refractivity contribution in [3.05, 3.63) is 54.0 Å². The van der Waals surface area contributed by atoms with Gasteiger partial charge in [0.15, 0.2) is 0 Å². The molecule has 1 heterocycles. The van der Waals surface area contributed by atoms with Crippen LogP contribution in [0.2, 0.25) is 0 Å². The minimum absolute atomic E-state index is 0.889. The lowest BCUT2D eigenvalue weighted by Crippen LogP contribution is -1.73. The molecule has 1 aromatic heterocycles. The highest BCUT2D eigenvalue weighted by Gasteiger charge is 1.88. The van der Waals surface area contributed by atoms with E-state index in [4.69, 9.17) is 4.42 Å². The fraction of sp³-hybridized carbons (Fsp3) is 0. The van der Waals surface area contributed by atoms with Gasteiger partial charge in [0, 0.05) is 10.5 Å². The standard InChI is InChI=1S/C12H8OS/c14-12-5-3-10(4-6-12)1-2-11-7-8-13-9-11/h3-9,14H. The van der Waals surface area contributed by atoms with E-state index in [1.165, 1.54) is 0 Å². The van der Waals surface area contributed by atoms with Crippen molar-refractivity contribution in [1.82, 2.24) is 0 Å². The van der Waals surface area contributed by atoms with E-state index >= 15 is 0 Å². The fourth-order valence-electron chi connectivity index (χ4n) is 1.02. The molecule has 0 radical (unpaired) electrons. The van der Waals surface area contributed by atoms with Crippen LogP contribution in [0.25, 0.3) is 0 Å². The van der Waals surface area contributed by atoms with Crippen LogP contribution < -0.4 is 0 Å². The average molecular weight is 200 g/mol. The largest absolute Gasteiger partial charge is 0.471 e. The van der Waals surface area contributed by atoms with Crippen LogP contribution in [-0.2, 0) is 0 Å². The zero-order chi connectivity index (χ0) is 9.80. The Bertz CT molecular complexity index is 457. The first-order valence-electron chi connectivity index (χ1n) is 4.18. The first kappa shape index (κ1) is 8.98. The molecule has 0 fully saturated rings. The summed E-state index contributed by atoms with van der Waals surface area (Å²) in [5, 5.41) is 0. The van der Waals surface area contributed by atoms with Gasteiger partial charge < -0.3 is 4.42 Å². The van der Waals surface area contributed by atoms with Crippen LogP contribution in [0.5, 0.6) is 0 Å². The molecule has 0 aliphatic heterocycles. The molecule has 0 aliphatic rings. The highest BCUT2D eigenvalue weighted by Crippen LogP contribution is 2.06. The second kappa shape index (κ2) is 4.08. The zero-order valence-electron chi connectivity index (χ0n) is 7.40. The summed E-state index contributed by atoms with van der Waals surface area (Å²) < 4.78 is 4.91. The molecule has 0 saturated carbocycles. The number of hydrogen-bond acceptors (Lipinski definition) is 2. The van der Waals surface area contributed by atoms with Crippen molar-refractivity contribution in [3.63, 3.8) is 0 Å². The molecule has 2 rings (SSSR count). The molecule has 0 amide bonds. The van der Waals surface area contributed by atoms with E-state index in [1.54, 1.807) is 12.5 Å². The van der Waals surface area contributed by atoms with Crippen molar-refractivity contribution in [2.75, 3.05) is 0 Å². The second-order valence-corrected chi connectivity index (χ2v) is 3.33. The number of rotatable bonds is 0. The minimum Gasteiger partial charge on any atom is -0.471 e. The molecule has 2 heteroatoms. The van der Waals surface area contributed by atoms with Gasteiger partial charge in [0.1, 0.15) is 6.26 Å². The van der Waals surface area contributed by atoms with Crippen molar-refractivity contribution in [2.24, 2.45) is 0 Å². The molecule has 1 nitrogen and oxygen atoms in total. The second-order valence-electron chi connectivity index (χ2n) is 2.81. The van der Waals surface area contributed by atoms with Crippen molar-refractivity contribution >= 4 is 12.6 Å². The van der Waals surface area contributed by atoms with Gasteiger partial charge in [-0.15, -0.1) is 12.6 Å². The third kappa shape index (κ3) is 2.21. The molecular weight excluding hydrogens is 192 g/mol. The van der Waals surface area contributed by atoms with Crippen molar-refractivity contribution in [3.8, 4) is 11.8 Å². The Morgan fingerprint density at radius 3 is 2.29 bits per heavy atom. The van der Waals surface area contributed by atoms with Crippen molar-refractivity contribution < 1.29 is 4.42 Å². The van der Waals surface area contributed by atoms with E-state index < -0.39 is 0 Å². The molecule has 0 saturated heterocycles. The predicted molar refractivity (Wildman–Crippen MR) is 58.4 cm³/mol. The Kier molecular flexibility index (Phi) is 2.62. The predicted octanol–water partition coefficient (Wildman–Crippen LogP) is 2.97. The van der Waals surface area contributed by atoms with Crippen LogP contribution in [0.4, 0.5) is 0 Å². The zero-order valence-corrected chi connectivity index (χ0v) is 8.29. The molecule has 68 valence electrons. The van der Waals surface area contributed by atoms with Gasteiger partial charge in [0.05, 0.1) is 11.8 Å². The molecule has 0 bridgehead atoms. The van der Waals surface area contributed by atoms with E-state index in [0.717, 1.165) is 16.0 Å². The van der Waals surface area contributed by atoms with E-state index in [-0.39, 0.29) is 0 Å². The molecule has 0 aliphatic carbocycles. The summed E-state index contributed by atoms with van der Waals surface area (Å²) in [5.74, 6) is 6.02. The number of benzene rings is 1. The van der Waals surface area contributed by atoms with E-state index in [9.17, 15) is 0 Å². The molecule has 1 aromatic carbocycles. The van der Waals surface area contributed by atoms with Gasteiger partial charge in [0.25, 0.3) is 0 Å². The smallest absolute Gasteiger partial charge is 0.106 e. The Balaban J connectivity index is 2.22. The summed E-state index contributed by atoms with van der Waals surface area (Å²) in [6, 6.07) is 9.55. The third-order valence-corrected chi connectivity index (χ3v) is 2.04. The molecule has 0 spiro atoms. The summed E-state index contributed by atoms with van der Waals surface area (Å²) in [6.07, 6.45) is 3.24. The Hall–Kier alpha value is -1.59. The fourth-order valence-corrected chi connectivity index (χ4v) is 1.17. The molecule has 14 heavy (non-hydrogen) atoms. The Labute approximate surface area is 88.2 Å². The van der Waals surface area contributed by atoms with Gasteiger partial charge in [-0.2, -0.15) is 0 Å². The molecule has 2 aromatic rings. The van der Waals surface area contributed by atoms with Crippen molar-refractivity contribution in [2.45, 2.75) is 4.90 Å². The number of thiol groups is 1. The topological polar surface area (TPSA) is 13.1 Å². The van der Waals surface area contributed by atoms with Gasteiger partial charge >= 0.3 is 0 Å². The monoisotopic (exact) mass is 200 g/mol. The molecular formula is C12H8OS. The van der Waals surface area contributed by atoms with Crippen LogP contribution in [0, 0.1) is 11.8 Å². The maximum atomic E-state index is 4.91. The maximum absolute atomic E-state index is 4.91. The van der Waals surface area contributed by atoms with Gasteiger partial charge in [-0.1, -0.05) is 11.8 Å². The summed E-state index contributed by atoms with van der Waals surface area (Å²) >= 11 is 4.20. The number of furan rings is 1. The van der Waals surface area contributed by atoms with Crippen LogP contribution in [-0.4, -0.2) is 0 Å². The molecule has 0 N–H and O–H groups in total. The number of hydrogen-bond donors (Lipinski definition) is 1. The minimum atomic E-state index is 0.889. The van der Waals surface area contributed by atoms with Crippen molar-refractivity contribution in [1.29, 1.82) is 0 Å². The van der Waals surface area contributed by atoms with E-state index in [0.29, 0.717) is 0 Å². The highest BCUT2D eigenvalue weighted by molar-refractivity contribution is 7.80. The lowest BCUT2D eigenvalue weighted by Gasteiger charge is -1.90. The quantitative estimate of drug-likeness (QED) is 0.509. The summed E-state index contributed by atoms with van der Waals surface area (Å²) in [6.45, 7) is 0. The average Bonchev–Trinajstić information content (AvgIpc) is 2.70. The normalized spacial score (nSPS) is 9.21. The maximum Gasteiger partial charge on any atom is 0.106 e. The molecule has 0 atom stereocenters. The summed E-state index contributed by atoms with van der Waals surface area (Å²) in [5.41, 5.74) is 1.86. The first-order valence-corrected chi connectivity index (χ1v) is 4.62. The van der Waals surface area contributed by atoms with Crippen LogP contribution in [0.1, 0.15) is 11.1 Å². The van der Waals surface area contributed by atoms with E-state index in [2.05, 4.69) is 24.5 Å². The Morgan fingerprint density at radius 2 is 1.64 bits per heavy atom. The third-order valence-electron chi connectivity index (χ3n) is 1.74. The SMILES string of the molecule is Sc1ccc(C#Cc2ccoc2)cc1. The lowest BCUT2D eigenvalue weighted by molar-refractivity contribution is 0.566. The van der Waals surface area contributed by atoms with Crippen LogP contribution in [0.3, 0.4) is 0 Å². The van der Waals surface area contributed by atoms with E-state index in [1.807, 2.05) is 30.3 Å². The summed E-state index contributed by atoms with van der Waals surface area (Å²) in [7, 11) is 0. The van der Waals surface area contributed by atoms with Gasteiger partial charge in [-0.3, -0.25) is 0 Å².